The van der Waals surface area contributed by atoms with E-state index in [0.717, 1.165) is 5.57 Å². The van der Waals surface area contributed by atoms with Crippen LogP contribution >= 0.6 is 11.6 Å². The second-order valence-electron chi connectivity index (χ2n) is 2.79. The summed E-state index contributed by atoms with van der Waals surface area (Å²) < 4.78 is 4.64. The molecule has 1 aliphatic rings. The molecule has 1 unspecified atom stereocenters. The molecule has 0 amide bonds. The maximum atomic E-state index is 11.1. The van der Waals surface area contributed by atoms with Gasteiger partial charge in [0.1, 0.15) is 0 Å². The first-order valence-electron chi connectivity index (χ1n) is 3.77. The Labute approximate surface area is 76.9 Å². The molecule has 0 bridgehead atoms. The lowest BCUT2D eigenvalue weighted by Crippen LogP contribution is -2.18. The number of methoxy groups -OCH3 is 1. The van der Waals surface area contributed by atoms with Crippen molar-refractivity contribution in [1.82, 2.24) is 0 Å². The van der Waals surface area contributed by atoms with Gasteiger partial charge in [0.2, 0.25) is 0 Å². The number of carbonyl (C=O) groups excluding carboxylic acids is 1. The molecular weight excluding hydrogens is 176 g/mol. The van der Waals surface area contributed by atoms with Crippen molar-refractivity contribution in [3.8, 4) is 0 Å². The highest BCUT2D eigenvalue weighted by Crippen LogP contribution is 2.26. The first-order chi connectivity index (χ1) is 5.65. The molecule has 0 saturated carbocycles. The Morgan fingerprint density at radius 3 is 2.92 bits per heavy atom. The number of esters is 1. The zero-order chi connectivity index (χ0) is 9.14. The van der Waals surface area contributed by atoms with Crippen LogP contribution in [0.25, 0.3) is 0 Å². The quantitative estimate of drug-likeness (QED) is 0.588. The van der Waals surface area contributed by atoms with Crippen molar-refractivity contribution in [1.29, 1.82) is 0 Å². The highest BCUT2D eigenvalue weighted by molar-refractivity contribution is 6.31. The smallest absolute Gasteiger partial charge is 0.313 e. The number of hydrogen-bond donors (Lipinski definition) is 0. The van der Waals surface area contributed by atoms with Crippen molar-refractivity contribution in [3.05, 3.63) is 22.8 Å². The summed E-state index contributed by atoms with van der Waals surface area (Å²) in [7, 11) is 1.40. The van der Waals surface area contributed by atoms with E-state index < -0.39 is 0 Å². The zero-order valence-electron chi connectivity index (χ0n) is 7.13. The van der Waals surface area contributed by atoms with E-state index in [0.29, 0.717) is 11.5 Å². The monoisotopic (exact) mass is 186 g/mol. The van der Waals surface area contributed by atoms with Gasteiger partial charge in [0.25, 0.3) is 0 Å². The average Bonchev–Trinajstić information content (AvgIpc) is 2.03. The van der Waals surface area contributed by atoms with E-state index in [2.05, 4.69) is 4.74 Å². The number of halogens is 1. The molecule has 1 rings (SSSR count). The molecule has 0 aromatic heterocycles. The number of hydrogen-bond acceptors (Lipinski definition) is 2. The number of rotatable bonds is 1. The van der Waals surface area contributed by atoms with Gasteiger partial charge in [-0.25, -0.2) is 0 Å². The van der Waals surface area contributed by atoms with Gasteiger partial charge in [-0.05, 0) is 19.4 Å². The molecule has 3 heteroatoms. The molecule has 0 heterocycles. The fourth-order valence-electron chi connectivity index (χ4n) is 1.22. The standard InChI is InChI=1S/C9H11ClO2/c1-6-5-7(10)3-4-8(6)9(11)12-2/h3,5,8H,4H2,1-2H3. The summed E-state index contributed by atoms with van der Waals surface area (Å²) in [4.78, 5) is 11.1. The third kappa shape index (κ3) is 1.89. The first kappa shape index (κ1) is 9.33. The third-order valence-electron chi connectivity index (χ3n) is 1.95. The van der Waals surface area contributed by atoms with Crippen molar-refractivity contribution >= 4 is 17.6 Å². The number of carbonyl (C=O) groups is 1. The highest BCUT2D eigenvalue weighted by Gasteiger charge is 2.22. The van der Waals surface area contributed by atoms with Gasteiger partial charge in [-0.1, -0.05) is 23.3 Å². The van der Waals surface area contributed by atoms with Gasteiger partial charge < -0.3 is 4.74 Å². The summed E-state index contributed by atoms with van der Waals surface area (Å²) in [6.45, 7) is 1.89. The zero-order valence-corrected chi connectivity index (χ0v) is 7.89. The van der Waals surface area contributed by atoms with E-state index in [4.69, 9.17) is 11.6 Å². The van der Waals surface area contributed by atoms with Gasteiger partial charge in [0, 0.05) is 5.03 Å². The Morgan fingerprint density at radius 2 is 2.42 bits per heavy atom. The summed E-state index contributed by atoms with van der Waals surface area (Å²) >= 11 is 5.76. The van der Waals surface area contributed by atoms with Crippen LogP contribution in [0.1, 0.15) is 13.3 Å². The van der Waals surface area contributed by atoms with Crippen LogP contribution in [-0.4, -0.2) is 13.1 Å². The maximum absolute atomic E-state index is 11.1. The molecule has 0 radical (unpaired) electrons. The topological polar surface area (TPSA) is 26.3 Å². The van der Waals surface area contributed by atoms with Gasteiger partial charge >= 0.3 is 5.97 Å². The Kier molecular flexibility index (Phi) is 2.93. The molecule has 2 nitrogen and oxygen atoms in total. The maximum Gasteiger partial charge on any atom is 0.313 e. The molecule has 1 atom stereocenters. The lowest BCUT2D eigenvalue weighted by atomic mass is 9.93. The Bertz CT molecular complexity index is 253. The fourth-order valence-corrected chi connectivity index (χ4v) is 1.48. The van der Waals surface area contributed by atoms with Gasteiger partial charge in [-0.3, -0.25) is 4.79 Å². The van der Waals surface area contributed by atoms with Gasteiger partial charge in [-0.15, -0.1) is 0 Å². The van der Waals surface area contributed by atoms with E-state index in [-0.39, 0.29) is 11.9 Å². The molecular formula is C9H11ClO2. The second-order valence-corrected chi connectivity index (χ2v) is 3.23. The van der Waals surface area contributed by atoms with Crippen LogP contribution in [0.4, 0.5) is 0 Å². The molecule has 0 saturated heterocycles. The molecule has 0 aromatic rings. The van der Waals surface area contributed by atoms with Crippen LogP contribution in [0.15, 0.2) is 22.8 Å². The van der Waals surface area contributed by atoms with E-state index in [1.165, 1.54) is 7.11 Å². The van der Waals surface area contributed by atoms with Gasteiger partial charge in [0.05, 0.1) is 13.0 Å². The molecule has 0 aliphatic heterocycles. The van der Waals surface area contributed by atoms with Crippen molar-refractivity contribution in [3.63, 3.8) is 0 Å². The van der Waals surface area contributed by atoms with E-state index in [9.17, 15) is 4.79 Å². The lowest BCUT2D eigenvalue weighted by molar-refractivity contribution is -0.144. The fraction of sp³-hybridized carbons (Fsp3) is 0.444. The van der Waals surface area contributed by atoms with Crippen molar-refractivity contribution in [2.75, 3.05) is 7.11 Å². The summed E-state index contributed by atoms with van der Waals surface area (Å²) in [6.07, 6.45) is 4.27. The third-order valence-corrected chi connectivity index (χ3v) is 2.21. The summed E-state index contributed by atoms with van der Waals surface area (Å²) in [5.41, 5.74) is 0.967. The summed E-state index contributed by atoms with van der Waals surface area (Å²) in [6, 6.07) is 0. The van der Waals surface area contributed by atoms with Crippen LogP contribution in [-0.2, 0) is 9.53 Å². The van der Waals surface area contributed by atoms with Crippen LogP contribution in [0.3, 0.4) is 0 Å². The Hall–Kier alpha value is -0.760. The minimum Gasteiger partial charge on any atom is -0.469 e. The summed E-state index contributed by atoms with van der Waals surface area (Å²) in [5, 5.41) is 0.702. The lowest BCUT2D eigenvalue weighted by Gasteiger charge is -2.16. The molecule has 0 N–H and O–H groups in total. The van der Waals surface area contributed by atoms with E-state index in [1.54, 1.807) is 6.08 Å². The molecule has 0 fully saturated rings. The Balaban J connectivity index is 2.74. The predicted octanol–water partition coefficient (Wildman–Crippen LogP) is 2.25. The average molecular weight is 187 g/mol. The number of allylic oxidation sites excluding steroid dienone is 3. The Morgan fingerprint density at radius 1 is 1.75 bits per heavy atom. The minimum atomic E-state index is -0.191. The molecule has 0 spiro atoms. The summed E-state index contributed by atoms with van der Waals surface area (Å²) in [5.74, 6) is -0.332. The van der Waals surface area contributed by atoms with Crippen LogP contribution in [0.2, 0.25) is 0 Å². The van der Waals surface area contributed by atoms with Gasteiger partial charge in [-0.2, -0.15) is 0 Å². The van der Waals surface area contributed by atoms with Gasteiger partial charge in [0.15, 0.2) is 0 Å². The van der Waals surface area contributed by atoms with E-state index in [1.807, 2.05) is 13.0 Å². The van der Waals surface area contributed by atoms with Crippen molar-refractivity contribution in [2.24, 2.45) is 5.92 Å². The first-order valence-corrected chi connectivity index (χ1v) is 4.14. The van der Waals surface area contributed by atoms with Crippen LogP contribution in [0, 0.1) is 5.92 Å². The predicted molar refractivity (Wildman–Crippen MR) is 47.8 cm³/mol. The normalized spacial score (nSPS) is 22.8. The van der Waals surface area contributed by atoms with Crippen molar-refractivity contribution in [2.45, 2.75) is 13.3 Å². The molecule has 66 valence electrons. The van der Waals surface area contributed by atoms with Crippen LogP contribution in [0.5, 0.6) is 0 Å². The van der Waals surface area contributed by atoms with Crippen LogP contribution < -0.4 is 0 Å². The SMILES string of the molecule is COC(=O)C1CC=C(Cl)C=C1C. The molecule has 1 aliphatic carbocycles. The highest BCUT2D eigenvalue weighted by atomic mass is 35.5. The second kappa shape index (κ2) is 3.76. The molecule has 12 heavy (non-hydrogen) atoms. The largest absolute Gasteiger partial charge is 0.469 e. The van der Waals surface area contributed by atoms with E-state index >= 15 is 0 Å². The molecule has 0 aromatic carbocycles. The van der Waals surface area contributed by atoms with Crippen molar-refractivity contribution < 1.29 is 9.53 Å². The number of ether oxygens (including phenoxy) is 1. The minimum absolute atomic E-state index is 0.141.